The molecule has 38 heavy (non-hydrogen) atoms. The number of nitrogens with zero attached hydrogens (tertiary/aromatic N) is 2. The van der Waals surface area contributed by atoms with Gasteiger partial charge in [0.15, 0.2) is 0 Å². The molecule has 1 unspecified atom stereocenters. The number of carbonyl (C=O) groups is 4. The van der Waals surface area contributed by atoms with E-state index in [-0.39, 0.29) is 41.9 Å². The molecule has 3 rings (SSSR count). The molecule has 2 aliphatic heterocycles. The van der Waals surface area contributed by atoms with Crippen LogP contribution in [0.3, 0.4) is 0 Å². The summed E-state index contributed by atoms with van der Waals surface area (Å²) in [5.41, 5.74) is 0.128. The molecule has 4 amide bonds. The molecule has 2 atom stereocenters. The van der Waals surface area contributed by atoms with Crippen LogP contribution in [0.1, 0.15) is 65.9 Å². The molecule has 2 fully saturated rings. The lowest BCUT2D eigenvalue weighted by molar-refractivity contribution is -0.140. The second-order valence-electron chi connectivity index (χ2n) is 11.5. The van der Waals surface area contributed by atoms with Gasteiger partial charge < -0.3 is 20.3 Å². The van der Waals surface area contributed by atoms with E-state index in [0.29, 0.717) is 38.9 Å². The highest BCUT2D eigenvalue weighted by atomic mass is 19.1. The van der Waals surface area contributed by atoms with Gasteiger partial charge in [-0.2, -0.15) is 0 Å². The summed E-state index contributed by atoms with van der Waals surface area (Å²) in [4.78, 5) is 54.9. The zero-order valence-electron chi connectivity index (χ0n) is 23.1. The Morgan fingerprint density at radius 1 is 1.03 bits per heavy atom. The van der Waals surface area contributed by atoms with Crippen LogP contribution < -0.4 is 10.6 Å². The number of carbonyl (C=O) groups excluding carboxylic acids is 4. The van der Waals surface area contributed by atoms with Gasteiger partial charge in [-0.25, -0.2) is 9.18 Å². The zero-order valence-corrected chi connectivity index (χ0v) is 23.1. The molecule has 2 saturated heterocycles. The smallest absolute Gasteiger partial charge is 0.410 e. The molecule has 2 N–H and O–H groups in total. The largest absolute Gasteiger partial charge is 0.444 e. The second-order valence-corrected chi connectivity index (χ2v) is 11.5. The maximum absolute atomic E-state index is 13.2. The van der Waals surface area contributed by atoms with Gasteiger partial charge in [-0.1, -0.05) is 26.0 Å². The van der Waals surface area contributed by atoms with Crippen molar-refractivity contribution in [3.8, 4) is 0 Å². The second kappa shape index (κ2) is 12.6. The van der Waals surface area contributed by atoms with E-state index in [9.17, 15) is 23.6 Å². The van der Waals surface area contributed by atoms with Gasteiger partial charge in [-0.05, 0) is 70.1 Å². The lowest BCUT2D eigenvalue weighted by atomic mass is 9.94. The Labute approximate surface area is 224 Å². The molecule has 0 bridgehead atoms. The van der Waals surface area contributed by atoms with E-state index in [1.54, 1.807) is 37.8 Å². The highest BCUT2D eigenvalue weighted by molar-refractivity contribution is 5.89. The quantitative estimate of drug-likeness (QED) is 0.561. The van der Waals surface area contributed by atoms with Crippen LogP contribution in [0.15, 0.2) is 24.3 Å². The van der Waals surface area contributed by atoms with Crippen LogP contribution in [0, 0.1) is 17.7 Å². The number of likely N-dealkylation sites (tertiary alicyclic amines) is 2. The maximum Gasteiger partial charge on any atom is 0.410 e. The number of ether oxygens (including phenoxy) is 1. The molecule has 2 heterocycles. The summed E-state index contributed by atoms with van der Waals surface area (Å²) in [7, 11) is 0. The normalized spacial score (nSPS) is 19.3. The number of nitrogens with one attached hydrogen (secondary N) is 2. The molecule has 0 radical (unpaired) electrons. The number of rotatable bonds is 7. The van der Waals surface area contributed by atoms with Crippen molar-refractivity contribution >= 4 is 23.8 Å². The Hall–Kier alpha value is -3.17. The topological polar surface area (TPSA) is 108 Å². The summed E-state index contributed by atoms with van der Waals surface area (Å²) >= 11 is 0. The summed E-state index contributed by atoms with van der Waals surface area (Å²) in [6.07, 6.45) is 1.84. The van der Waals surface area contributed by atoms with Gasteiger partial charge in [0, 0.05) is 32.1 Å². The van der Waals surface area contributed by atoms with Gasteiger partial charge in [-0.3, -0.25) is 19.3 Å². The minimum absolute atomic E-state index is 0.104. The lowest BCUT2D eigenvalue weighted by Crippen LogP contribution is -2.54. The first-order valence-electron chi connectivity index (χ1n) is 13.5. The maximum atomic E-state index is 13.2. The molecule has 10 heteroatoms. The molecule has 0 aliphatic carbocycles. The van der Waals surface area contributed by atoms with Crippen molar-refractivity contribution < 1.29 is 28.3 Å². The standard InChI is InChI=1S/C28H41FN4O5/c1-18(2)23(25(35)30-17-19-8-10-21(29)11-9-19)31-24(34)20-12-15-32(16-13-20)26(36)22-7-6-14-33(22)27(37)38-28(3,4)5/h8-11,18,20,22-23H,6-7,12-17H2,1-5H3,(H,30,35)(H,31,34)/t22?,23-/m1/s1. The number of hydrogen-bond acceptors (Lipinski definition) is 5. The van der Waals surface area contributed by atoms with E-state index in [0.717, 1.165) is 12.0 Å². The Morgan fingerprint density at radius 2 is 1.66 bits per heavy atom. The van der Waals surface area contributed by atoms with E-state index in [1.807, 2.05) is 13.8 Å². The van der Waals surface area contributed by atoms with Crippen molar-refractivity contribution in [2.45, 2.75) is 84.5 Å². The van der Waals surface area contributed by atoms with Crippen LogP contribution in [0.25, 0.3) is 0 Å². The average molecular weight is 533 g/mol. The van der Waals surface area contributed by atoms with E-state index in [4.69, 9.17) is 4.74 Å². The number of piperidine rings is 1. The molecule has 0 aromatic heterocycles. The predicted octanol–water partition coefficient (Wildman–Crippen LogP) is 3.22. The van der Waals surface area contributed by atoms with Crippen LogP contribution in [0.4, 0.5) is 9.18 Å². The Kier molecular flexibility index (Phi) is 9.73. The number of hydrogen-bond donors (Lipinski definition) is 2. The summed E-state index contributed by atoms with van der Waals surface area (Å²) < 4.78 is 18.6. The van der Waals surface area contributed by atoms with Crippen molar-refractivity contribution in [3.63, 3.8) is 0 Å². The van der Waals surface area contributed by atoms with E-state index >= 15 is 0 Å². The first-order valence-corrected chi connectivity index (χ1v) is 13.5. The fraction of sp³-hybridized carbons (Fsp3) is 0.643. The van der Waals surface area contributed by atoms with Gasteiger partial charge in [0.2, 0.25) is 17.7 Å². The Morgan fingerprint density at radius 3 is 2.24 bits per heavy atom. The SMILES string of the molecule is CC(C)[C@@H](NC(=O)C1CCN(C(=O)C2CCCN2C(=O)OC(C)(C)C)CC1)C(=O)NCc1ccc(F)cc1. The molecule has 9 nitrogen and oxygen atoms in total. The molecule has 1 aromatic rings. The lowest BCUT2D eigenvalue weighted by Gasteiger charge is -2.36. The van der Waals surface area contributed by atoms with Crippen LogP contribution >= 0.6 is 0 Å². The summed E-state index contributed by atoms with van der Waals surface area (Å²) in [6, 6.07) is 4.64. The molecule has 1 aromatic carbocycles. The predicted molar refractivity (Wildman–Crippen MR) is 140 cm³/mol. The van der Waals surface area contributed by atoms with Crippen LogP contribution in [-0.4, -0.2) is 70.9 Å². The third-order valence-corrected chi connectivity index (χ3v) is 6.97. The van der Waals surface area contributed by atoms with Crippen molar-refractivity contribution in [2.75, 3.05) is 19.6 Å². The molecule has 2 aliphatic rings. The molecular formula is C28H41FN4O5. The van der Waals surface area contributed by atoms with Gasteiger partial charge in [-0.15, -0.1) is 0 Å². The highest BCUT2D eigenvalue weighted by Crippen LogP contribution is 2.25. The summed E-state index contributed by atoms with van der Waals surface area (Å²) in [5, 5.41) is 5.71. The van der Waals surface area contributed by atoms with Gasteiger partial charge in [0.05, 0.1) is 0 Å². The van der Waals surface area contributed by atoms with Crippen LogP contribution in [0.5, 0.6) is 0 Å². The summed E-state index contributed by atoms with van der Waals surface area (Å²) in [6.45, 7) is 10.7. The molecule has 0 spiro atoms. The van der Waals surface area contributed by atoms with Crippen molar-refractivity contribution in [3.05, 3.63) is 35.6 Å². The number of amides is 4. The Balaban J connectivity index is 1.50. The third-order valence-electron chi connectivity index (χ3n) is 6.97. The van der Waals surface area contributed by atoms with E-state index < -0.39 is 23.8 Å². The van der Waals surface area contributed by atoms with Crippen LogP contribution in [0.2, 0.25) is 0 Å². The number of halogens is 1. The monoisotopic (exact) mass is 532 g/mol. The zero-order chi connectivity index (χ0) is 28.0. The van der Waals surface area contributed by atoms with Crippen molar-refractivity contribution in [1.29, 1.82) is 0 Å². The van der Waals surface area contributed by atoms with Gasteiger partial charge >= 0.3 is 6.09 Å². The highest BCUT2D eigenvalue weighted by Gasteiger charge is 2.40. The first kappa shape index (κ1) is 29.4. The fourth-order valence-corrected chi connectivity index (χ4v) is 4.84. The van der Waals surface area contributed by atoms with E-state index in [1.165, 1.54) is 17.0 Å². The van der Waals surface area contributed by atoms with Crippen molar-refractivity contribution in [1.82, 2.24) is 20.4 Å². The van der Waals surface area contributed by atoms with Gasteiger partial charge in [0.1, 0.15) is 23.5 Å². The molecular weight excluding hydrogens is 491 g/mol. The molecule has 210 valence electrons. The third kappa shape index (κ3) is 7.91. The van der Waals surface area contributed by atoms with Crippen LogP contribution in [-0.2, 0) is 25.7 Å². The minimum Gasteiger partial charge on any atom is -0.444 e. The molecule has 0 saturated carbocycles. The summed E-state index contributed by atoms with van der Waals surface area (Å²) in [5.74, 6) is -1.39. The average Bonchev–Trinajstić information content (AvgIpc) is 3.35. The fourth-order valence-electron chi connectivity index (χ4n) is 4.84. The van der Waals surface area contributed by atoms with Gasteiger partial charge in [0.25, 0.3) is 0 Å². The van der Waals surface area contributed by atoms with E-state index in [2.05, 4.69) is 10.6 Å². The Bertz CT molecular complexity index is 999. The number of benzene rings is 1. The first-order chi connectivity index (χ1) is 17.9. The minimum atomic E-state index is -0.705. The van der Waals surface area contributed by atoms with Crippen molar-refractivity contribution in [2.24, 2.45) is 11.8 Å².